The summed E-state index contributed by atoms with van der Waals surface area (Å²) in [5.74, 6) is 1.44. The van der Waals surface area contributed by atoms with Crippen molar-refractivity contribution in [3.05, 3.63) is 65.9 Å². The number of piperazine rings is 1. The number of ether oxygens (including phenoxy) is 1. The minimum Gasteiger partial charge on any atom is -0.489 e. The fourth-order valence-electron chi connectivity index (χ4n) is 4.68. The summed E-state index contributed by atoms with van der Waals surface area (Å²) >= 11 is 0. The molecule has 0 spiro atoms. The van der Waals surface area contributed by atoms with Crippen molar-refractivity contribution < 1.29 is 14.3 Å². The standard InChI is InChI=1S/C27H30N6O3/c1-17-14-29-26(13-23(17)31-22-7-5-4-6-21(22)27(35)28-3)30-19-8-9-24-25(12-19)36-16-20-15-32(18(2)34)10-11-33(20)24/h4-9,12-14,20H,10-11,15-16H2,1-3H3,(H,28,35)(H2,29,30,31). The summed E-state index contributed by atoms with van der Waals surface area (Å²) in [4.78, 5) is 32.8. The molecule has 0 radical (unpaired) electrons. The van der Waals surface area contributed by atoms with Crippen molar-refractivity contribution in [3.8, 4) is 5.75 Å². The lowest BCUT2D eigenvalue weighted by Crippen LogP contribution is -2.58. The summed E-state index contributed by atoms with van der Waals surface area (Å²) in [5.41, 5.74) is 5.01. The van der Waals surface area contributed by atoms with Crippen LogP contribution in [0.25, 0.3) is 0 Å². The lowest BCUT2D eigenvalue weighted by atomic mass is 10.1. The van der Waals surface area contributed by atoms with Crippen LogP contribution < -0.4 is 25.6 Å². The van der Waals surface area contributed by atoms with E-state index in [0.717, 1.165) is 47.2 Å². The van der Waals surface area contributed by atoms with Crippen molar-refractivity contribution >= 4 is 40.4 Å². The van der Waals surface area contributed by atoms with E-state index in [-0.39, 0.29) is 17.9 Å². The van der Waals surface area contributed by atoms with E-state index in [0.29, 0.717) is 24.5 Å². The van der Waals surface area contributed by atoms with Crippen LogP contribution in [0.2, 0.25) is 0 Å². The molecule has 3 heterocycles. The van der Waals surface area contributed by atoms with Gasteiger partial charge in [0.25, 0.3) is 5.91 Å². The molecule has 5 rings (SSSR count). The Morgan fingerprint density at radius 3 is 2.69 bits per heavy atom. The molecule has 36 heavy (non-hydrogen) atoms. The van der Waals surface area contributed by atoms with Gasteiger partial charge in [-0.05, 0) is 36.8 Å². The Hall–Kier alpha value is -4.27. The first-order valence-electron chi connectivity index (χ1n) is 12.0. The van der Waals surface area contributed by atoms with Crippen molar-refractivity contribution in [3.63, 3.8) is 0 Å². The summed E-state index contributed by atoms with van der Waals surface area (Å²) < 4.78 is 6.08. The lowest BCUT2D eigenvalue weighted by molar-refractivity contribution is -0.129. The number of nitrogens with one attached hydrogen (secondary N) is 3. The molecule has 2 aliphatic heterocycles. The summed E-state index contributed by atoms with van der Waals surface area (Å²) in [5, 5.41) is 9.42. The molecule has 1 unspecified atom stereocenters. The highest BCUT2D eigenvalue weighted by molar-refractivity contribution is 6.00. The average Bonchev–Trinajstić information content (AvgIpc) is 2.89. The van der Waals surface area contributed by atoms with Gasteiger partial charge < -0.3 is 30.5 Å². The van der Waals surface area contributed by atoms with Crippen LogP contribution in [-0.4, -0.2) is 61.0 Å². The predicted molar refractivity (Wildman–Crippen MR) is 141 cm³/mol. The van der Waals surface area contributed by atoms with Gasteiger partial charge in [0.2, 0.25) is 5.91 Å². The fraction of sp³-hybridized carbons (Fsp3) is 0.296. The van der Waals surface area contributed by atoms with E-state index in [1.807, 2.05) is 48.2 Å². The van der Waals surface area contributed by atoms with Gasteiger partial charge in [0, 0.05) is 63.3 Å². The predicted octanol–water partition coefficient (Wildman–Crippen LogP) is 3.67. The van der Waals surface area contributed by atoms with Crippen LogP contribution in [0.15, 0.2) is 54.7 Å². The molecule has 0 aliphatic carbocycles. The first kappa shape index (κ1) is 23.5. The van der Waals surface area contributed by atoms with Crippen LogP contribution in [-0.2, 0) is 4.79 Å². The van der Waals surface area contributed by atoms with Crippen LogP contribution >= 0.6 is 0 Å². The zero-order chi connectivity index (χ0) is 25.2. The first-order chi connectivity index (χ1) is 17.4. The summed E-state index contributed by atoms with van der Waals surface area (Å²) in [6.07, 6.45) is 1.79. The molecule has 3 N–H and O–H groups in total. The largest absolute Gasteiger partial charge is 0.489 e. The number of anilines is 5. The van der Waals surface area contributed by atoms with E-state index in [1.54, 1.807) is 26.2 Å². The van der Waals surface area contributed by atoms with Crippen LogP contribution in [0.1, 0.15) is 22.8 Å². The maximum atomic E-state index is 12.3. The van der Waals surface area contributed by atoms with Crippen molar-refractivity contribution in [1.29, 1.82) is 0 Å². The lowest BCUT2D eigenvalue weighted by Gasteiger charge is -2.45. The van der Waals surface area contributed by atoms with Crippen LogP contribution in [0, 0.1) is 6.92 Å². The zero-order valence-electron chi connectivity index (χ0n) is 20.7. The molecule has 186 valence electrons. The minimum atomic E-state index is -0.151. The third-order valence-electron chi connectivity index (χ3n) is 6.67. The van der Waals surface area contributed by atoms with Crippen molar-refractivity contribution in [2.24, 2.45) is 0 Å². The van der Waals surface area contributed by atoms with Gasteiger partial charge in [0.05, 0.1) is 23.0 Å². The number of fused-ring (bicyclic) bond motifs is 3. The van der Waals surface area contributed by atoms with E-state index in [2.05, 4.69) is 31.9 Å². The van der Waals surface area contributed by atoms with Crippen molar-refractivity contribution in [2.75, 3.05) is 48.8 Å². The van der Waals surface area contributed by atoms with E-state index < -0.39 is 0 Å². The van der Waals surface area contributed by atoms with Crippen LogP contribution in [0.4, 0.5) is 28.6 Å². The Bertz CT molecular complexity index is 1310. The summed E-state index contributed by atoms with van der Waals surface area (Å²) in [6.45, 7) is 6.32. The molecule has 3 aromatic rings. The minimum absolute atomic E-state index is 0.108. The monoisotopic (exact) mass is 486 g/mol. The number of hydrogen-bond donors (Lipinski definition) is 3. The van der Waals surface area contributed by atoms with Gasteiger partial charge in [-0.1, -0.05) is 12.1 Å². The summed E-state index contributed by atoms with van der Waals surface area (Å²) in [6, 6.07) is 15.5. The normalized spacial score (nSPS) is 16.4. The van der Waals surface area contributed by atoms with Gasteiger partial charge in [-0.2, -0.15) is 0 Å². The molecule has 1 saturated heterocycles. The number of para-hydroxylation sites is 1. The van der Waals surface area contributed by atoms with E-state index in [1.165, 1.54) is 0 Å². The summed E-state index contributed by atoms with van der Waals surface area (Å²) in [7, 11) is 1.62. The van der Waals surface area contributed by atoms with Crippen LogP contribution in [0.3, 0.4) is 0 Å². The van der Waals surface area contributed by atoms with Crippen molar-refractivity contribution in [1.82, 2.24) is 15.2 Å². The number of aryl methyl sites for hydroxylation is 1. The first-order valence-corrected chi connectivity index (χ1v) is 12.0. The fourth-order valence-corrected chi connectivity index (χ4v) is 4.68. The smallest absolute Gasteiger partial charge is 0.253 e. The SMILES string of the molecule is CNC(=O)c1ccccc1Nc1cc(Nc2ccc3c(c2)OCC2CN(C(C)=O)CCN32)ncc1C. The van der Waals surface area contributed by atoms with Gasteiger partial charge in [-0.15, -0.1) is 0 Å². The van der Waals surface area contributed by atoms with Gasteiger partial charge in [0.1, 0.15) is 18.2 Å². The molecule has 9 heteroatoms. The highest BCUT2D eigenvalue weighted by atomic mass is 16.5. The van der Waals surface area contributed by atoms with Crippen molar-refractivity contribution in [2.45, 2.75) is 19.9 Å². The number of aromatic nitrogens is 1. The average molecular weight is 487 g/mol. The number of nitrogens with zero attached hydrogens (tertiary/aromatic N) is 3. The van der Waals surface area contributed by atoms with Crippen LogP contribution in [0.5, 0.6) is 5.75 Å². The number of carbonyl (C=O) groups excluding carboxylic acids is 2. The maximum absolute atomic E-state index is 12.3. The van der Waals surface area contributed by atoms with Gasteiger partial charge in [0.15, 0.2) is 0 Å². The highest BCUT2D eigenvalue weighted by Gasteiger charge is 2.33. The quantitative estimate of drug-likeness (QED) is 0.506. The molecule has 9 nitrogen and oxygen atoms in total. The van der Waals surface area contributed by atoms with E-state index in [9.17, 15) is 9.59 Å². The molecule has 2 aromatic carbocycles. The number of pyridine rings is 1. The second-order valence-electron chi connectivity index (χ2n) is 9.06. The second-order valence-corrected chi connectivity index (χ2v) is 9.06. The molecule has 0 bridgehead atoms. The van der Waals surface area contributed by atoms with E-state index >= 15 is 0 Å². The Morgan fingerprint density at radius 1 is 1.06 bits per heavy atom. The molecule has 1 fully saturated rings. The maximum Gasteiger partial charge on any atom is 0.253 e. The number of carbonyl (C=O) groups is 2. The molecule has 2 aliphatic rings. The number of benzene rings is 2. The molecular formula is C27H30N6O3. The third-order valence-corrected chi connectivity index (χ3v) is 6.67. The Balaban J connectivity index is 1.34. The molecule has 1 atom stereocenters. The zero-order valence-corrected chi connectivity index (χ0v) is 20.7. The molecule has 0 saturated carbocycles. The molecule has 1 aromatic heterocycles. The number of amides is 2. The van der Waals surface area contributed by atoms with E-state index in [4.69, 9.17) is 4.74 Å². The topological polar surface area (TPSA) is 98.8 Å². The number of rotatable bonds is 5. The Labute approximate surface area is 210 Å². The molecular weight excluding hydrogens is 456 g/mol. The highest BCUT2D eigenvalue weighted by Crippen LogP contribution is 2.38. The Kier molecular flexibility index (Phi) is 6.37. The molecule has 2 amide bonds. The second kappa shape index (κ2) is 9.77. The number of hydrogen-bond acceptors (Lipinski definition) is 7. The Morgan fingerprint density at radius 2 is 1.89 bits per heavy atom. The third kappa shape index (κ3) is 4.64. The van der Waals surface area contributed by atoms with Gasteiger partial charge in [-0.25, -0.2) is 4.98 Å². The van der Waals surface area contributed by atoms with Gasteiger partial charge in [-0.3, -0.25) is 9.59 Å². The van der Waals surface area contributed by atoms with Gasteiger partial charge >= 0.3 is 0 Å².